The van der Waals surface area contributed by atoms with E-state index in [0.29, 0.717) is 19.3 Å². The van der Waals surface area contributed by atoms with E-state index in [9.17, 15) is 14.4 Å². The molecule has 0 bridgehead atoms. The van der Waals surface area contributed by atoms with E-state index in [1.807, 2.05) is 0 Å². The van der Waals surface area contributed by atoms with Gasteiger partial charge in [-0.3, -0.25) is 14.4 Å². The third-order valence-electron chi connectivity index (χ3n) is 14.1. The summed E-state index contributed by atoms with van der Waals surface area (Å²) in [6.07, 6.45) is 73.0. The van der Waals surface area contributed by atoms with Gasteiger partial charge in [0.25, 0.3) is 0 Å². The van der Waals surface area contributed by atoms with Crippen LogP contribution in [0.25, 0.3) is 0 Å². The van der Waals surface area contributed by atoms with Crippen molar-refractivity contribution < 1.29 is 28.6 Å². The Morgan fingerprint density at radius 3 is 0.817 bits per heavy atom. The molecule has 1 unspecified atom stereocenters. The molecule has 6 nitrogen and oxygen atoms in total. The van der Waals surface area contributed by atoms with Gasteiger partial charge in [0.05, 0.1) is 0 Å². The highest BCUT2D eigenvalue weighted by atomic mass is 16.6. The van der Waals surface area contributed by atoms with Crippen LogP contribution in [0.1, 0.15) is 342 Å². The van der Waals surface area contributed by atoms with Crippen molar-refractivity contribution in [2.75, 3.05) is 13.2 Å². The van der Waals surface area contributed by atoms with Crippen LogP contribution in [0.5, 0.6) is 0 Å². The van der Waals surface area contributed by atoms with Gasteiger partial charge in [-0.2, -0.15) is 0 Å². The monoisotopic (exact) mass is 997 g/mol. The van der Waals surface area contributed by atoms with Gasteiger partial charge in [-0.05, 0) is 77.0 Å². The predicted octanol–water partition coefficient (Wildman–Crippen LogP) is 21.2. The second-order valence-corrected chi connectivity index (χ2v) is 21.3. The minimum Gasteiger partial charge on any atom is -0.462 e. The molecule has 0 aliphatic carbocycles. The third-order valence-corrected chi connectivity index (χ3v) is 14.1. The first-order valence-corrected chi connectivity index (χ1v) is 31.5. The topological polar surface area (TPSA) is 78.9 Å². The van der Waals surface area contributed by atoms with Crippen LogP contribution >= 0.6 is 0 Å². The standard InChI is InChI=1S/C65H120O6/c1-4-7-10-13-16-19-22-24-26-28-29-30-31-32-33-34-35-37-38-40-43-46-49-52-55-58-64(67)70-61-62(60-69-63(66)57-54-51-48-45-42-21-18-15-12-9-6-3)71-65(68)59-56-53-50-47-44-41-39-36-27-25-23-20-17-14-11-8-5-2/h17,20,25,27-29,62H,4-16,18-19,21-24,26,30-61H2,1-3H3/b20-17-,27-25-,29-28-. The van der Waals surface area contributed by atoms with Crippen LogP contribution in [0.3, 0.4) is 0 Å². The first-order valence-electron chi connectivity index (χ1n) is 31.5. The molecule has 71 heavy (non-hydrogen) atoms. The maximum atomic E-state index is 12.9. The summed E-state index contributed by atoms with van der Waals surface area (Å²) in [4.78, 5) is 38.2. The number of hydrogen-bond acceptors (Lipinski definition) is 6. The van der Waals surface area contributed by atoms with Crippen LogP contribution in [0.2, 0.25) is 0 Å². The van der Waals surface area contributed by atoms with Crippen molar-refractivity contribution in [1.82, 2.24) is 0 Å². The van der Waals surface area contributed by atoms with Crippen molar-refractivity contribution in [3.8, 4) is 0 Å². The lowest BCUT2D eigenvalue weighted by atomic mass is 10.0. The largest absolute Gasteiger partial charge is 0.462 e. The van der Waals surface area contributed by atoms with E-state index in [2.05, 4.69) is 57.2 Å². The zero-order valence-electron chi connectivity index (χ0n) is 47.8. The molecule has 0 radical (unpaired) electrons. The SMILES string of the molecule is CCCCC/C=C\C/C=C\CCCCCCCCCC(=O)OC(COC(=O)CCCCCCCCCCCCC)COC(=O)CCCCCCCCCCCCCCC/C=C\CCCCCCCCCC. The molecule has 0 spiro atoms. The molecule has 6 heteroatoms. The van der Waals surface area contributed by atoms with E-state index in [1.165, 1.54) is 231 Å². The van der Waals surface area contributed by atoms with Crippen molar-refractivity contribution >= 4 is 17.9 Å². The molecule has 0 N–H and O–H groups in total. The van der Waals surface area contributed by atoms with Gasteiger partial charge >= 0.3 is 17.9 Å². The molecule has 0 saturated carbocycles. The fourth-order valence-corrected chi connectivity index (χ4v) is 9.35. The molecule has 416 valence electrons. The van der Waals surface area contributed by atoms with Gasteiger partial charge in [0.15, 0.2) is 6.10 Å². The molecule has 0 aromatic rings. The molecule has 1 atom stereocenters. The minimum absolute atomic E-state index is 0.0713. The lowest BCUT2D eigenvalue weighted by Gasteiger charge is -2.18. The molecule has 0 amide bonds. The smallest absolute Gasteiger partial charge is 0.306 e. The summed E-state index contributed by atoms with van der Waals surface area (Å²) in [5.41, 5.74) is 0. The summed E-state index contributed by atoms with van der Waals surface area (Å²) in [7, 11) is 0. The Morgan fingerprint density at radius 2 is 0.507 bits per heavy atom. The maximum Gasteiger partial charge on any atom is 0.306 e. The molecule has 0 aromatic carbocycles. The van der Waals surface area contributed by atoms with E-state index in [-0.39, 0.29) is 31.1 Å². The van der Waals surface area contributed by atoms with E-state index >= 15 is 0 Å². The maximum absolute atomic E-state index is 12.9. The summed E-state index contributed by atoms with van der Waals surface area (Å²) in [5, 5.41) is 0. The molecule has 0 rings (SSSR count). The normalized spacial score (nSPS) is 12.2. The highest BCUT2D eigenvalue weighted by Gasteiger charge is 2.19. The summed E-state index contributed by atoms with van der Waals surface area (Å²) >= 11 is 0. The Hall–Kier alpha value is -2.37. The van der Waals surface area contributed by atoms with E-state index in [0.717, 1.165) is 70.6 Å². The van der Waals surface area contributed by atoms with Gasteiger partial charge in [-0.1, -0.05) is 282 Å². The van der Waals surface area contributed by atoms with Crippen molar-refractivity contribution in [3.63, 3.8) is 0 Å². The second-order valence-electron chi connectivity index (χ2n) is 21.3. The number of unbranched alkanes of at least 4 members (excludes halogenated alkanes) is 41. The summed E-state index contributed by atoms with van der Waals surface area (Å²) in [6, 6.07) is 0. The van der Waals surface area contributed by atoms with E-state index < -0.39 is 6.10 Å². The Balaban J connectivity index is 4.21. The van der Waals surface area contributed by atoms with Gasteiger partial charge in [0.2, 0.25) is 0 Å². The van der Waals surface area contributed by atoms with Crippen LogP contribution in [0, 0.1) is 0 Å². The molecule has 0 aliphatic heterocycles. The first kappa shape index (κ1) is 68.6. The number of hydrogen-bond donors (Lipinski definition) is 0. The number of esters is 3. The average molecular weight is 998 g/mol. The highest BCUT2D eigenvalue weighted by molar-refractivity contribution is 5.71. The van der Waals surface area contributed by atoms with Crippen molar-refractivity contribution in [2.45, 2.75) is 348 Å². The fourth-order valence-electron chi connectivity index (χ4n) is 9.35. The molecule has 0 heterocycles. The summed E-state index contributed by atoms with van der Waals surface area (Å²) in [5.74, 6) is -0.860. The molecule has 0 aromatic heterocycles. The van der Waals surface area contributed by atoms with Crippen molar-refractivity contribution in [1.29, 1.82) is 0 Å². The van der Waals surface area contributed by atoms with Crippen molar-refractivity contribution in [3.05, 3.63) is 36.5 Å². The van der Waals surface area contributed by atoms with Gasteiger partial charge in [-0.25, -0.2) is 0 Å². The van der Waals surface area contributed by atoms with Gasteiger partial charge in [0, 0.05) is 19.3 Å². The van der Waals surface area contributed by atoms with Crippen LogP contribution < -0.4 is 0 Å². The predicted molar refractivity (Wildman–Crippen MR) is 307 cm³/mol. The van der Waals surface area contributed by atoms with Gasteiger partial charge in [-0.15, -0.1) is 0 Å². The molecule has 0 fully saturated rings. The van der Waals surface area contributed by atoms with Gasteiger partial charge in [0.1, 0.15) is 13.2 Å². The Labute approximate surface area is 442 Å². The number of carbonyl (C=O) groups is 3. The van der Waals surface area contributed by atoms with Gasteiger partial charge < -0.3 is 14.2 Å². The minimum atomic E-state index is -0.773. The number of ether oxygens (including phenoxy) is 3. The number of allylic oxidation sites excluding steroid dienone is 6. The molecular formula is C65H120O6. The third kappa shape index (κ3) is 58.4. The zero-order chi connectivity index (χ0) is 51.4. The van der Waals surface area contributed by atoms with Crippen LogP contribution in [0.15, 0.2) is 36.5 Å². The Kier molecular flexibility index (Phi) is 58.2. The van der Waals surface area contributed by atoms with Crippen LogP contribution in [-0.4, -0.2) is 37.2 Å². The quantitative estimate of drug-likeness (QED) is 0.0261. The molecule has 0 saturated heterocycles. The average Bonchev–Trinajstić information content (AvgIpc) is 3.37. The summed E-state index contributed by atoms with van der Waals surface area (Å²) < 4.78 is 16.9. The van der Waals surface area contributed by atoms with E-state index in [1.54, 1.807) is 0 Å². The number of rotatable bonds is 58. The zero-order valence-corrected chi connectivity index (χ0v) is 47.8. The Morgan fingerprint density at radius 1 is 0.282 bits per heavy atom. The second kappa shape index (κ2) is 60.2. The lowest BCUT2D eigenvalue weighted by molar-refractivity contribution is -0.167. The first-order chi connectivity index (χ1) is 35.0. The molecular weight excluding hydrogens is 877 g/mol. The van der Waals surface area contributed by atoms with Crippen LogP contribution in [0.4, 0.5) is 0 Å². The highest BCUT2D eigenvalue weighted by Crippen LogP contribution is 2.17. The summed E-state index contributed by atoms with van der Waals surface area (Å²) in [6.45, 7) is 6.65. The lowest BCUT2D eigenvalue weighted by Crippen LogP contribution is -2.30. The van der Waals surface area contributed by atoms with Crippen LogP contribution in [-0.2, 0) is 28.6 Å². The molecule has 0 aliphatic rings. The fraction of sp³-hybridized carbons (Fsp3) is 0.862. The number of carbonyl (C=O) groups excluding carboxylic acids is 3. The Bertz CT molecular complexity index is 1190. The van der Waals surface area contributed by atoms with Crippen molar-refractivity contribution in [2.24, 2.45) is 0 Å². The van der Waals surface area contributed by atoms with E-state index in [4.69, 9.17) is 14.2 Å².